The highest BCUT2D eigenvalue weighted by Crippen LogP contribution is 2.26. The molecule has 0 spiro atoms. The summed E-state index contributed by atoms with van der Waals surface area (Å²) in [6.07, 6.45) is 0. The van der Waals surface area contributed by atoms with Crippen LogP contribution in [0, 0.1) is 0 Å². The topological polar surface area (TPSA) is 70.8 Å². The summed E-state index contributed by atoms with van der Waals surface area (Å²) in [7, 11) is 0. The number of nitrogens with zero attached hydrogens (tertiary/aromatic N) is 3. The molecule has 0 aliphatic carbocycles. The summed E-state index contributed by atoms with van der Waals surface area (Å²) in [6.45, 7) is 1.82. The van der Waals surface area contributed by atoms with Gasteiger partial charge in [0.1, 0.15) is 11.0 Å². The van der Waals surface area contributed by atoms with Gasteiger partial charge in [0.05, 0.1) is 5.69 Å². The summed E-state index contributed by atoms with van der Waals surface area (Å²) in [5.41, 5.74) is 8.70. The Balaban J connectivity index is 2.07. The molecule has 5 nitrogen and oxygen atoms in total. The van der Waals surface area contributed by atoms with Gasteiger partial charge in [-0.1, -0.05) is 6.07 Å². The lowest BCUT2D eigenvalue weighted by atomic mass is 10.1. The summed E-state index contributed by atoms with van der Waals surface area (Å²) in [5.74, 6) is 0. The van der Waals surface area contributed by atoms with Crippen LogP contribution >= 0.6 is 0 Å². The zero-order valence-electron chi connectivity index (χ0n) is 7.64. The van der Waals surface area contributed by atoms with Gasteiger partial charge in [-0.3, -0.25) is 0 Å². The van der Waals surface area contributed by atoms with E-state index in [1.54, 1.807) is 0 Å². The number of para-hydroxylation sites is 1. The van der Waals surface area contributed by atoms with E-state index in [9.17, 15) is 0 Å². The Morgan fingerprint density at radius 3 is 3.00 bits per heavy atom. The summed E-state index contributed by atoms with van der Waals surface area (Å²) in [4.78, 5) is 2.22. The van der Waals surface area contributed by atoms with Crippen molar-refractivity contribution in [3.05, 3.63) is 18.2 Å². The van der Waals surface area contributed by atoms with Gasteiger partial charge in [-0.25, -0.2) is 0 Å². The van der Waals surface area contributed by atoms with Crippen molar-refractivity contribution in [2.24, 2.45) is 5.73 Å². The van der Waals surface area contributed by atoms with Crippen LogP contribution in [0.4, 0.5) is 5.69 Å². The second-order valence-corrected chi connectivity index (χ2v) is 3.63. The standard InChI is InChI=1S/C9H11N5/c10-6-4-14(5-6)8-3-1-2-7-9(8)12-13-11-7/h1-3,6H,4-5,10H2,(H,11,12,13). The predicted octanol–water partition coefficient (Wildman–Crippen LogP) is 0.105. The lowest BCUT2D eigenvalue weighted by Gasteiger charge is -2.38. The SMILES string of the molecule is NC1CN(c2cccc3n[nH]nc23)C1. The molecule has 1 aliphatic heterocycles. The number of fused-ring (bicyclic) bond motifs is 1. The molecule has 0 radical (unpaired) electrons. The molecule has 1 aromatic heterocycles. The first-order chi connectivity index (χ1) is 6.84. The van der Waals surface area contributed by atoms with Crippen LogP contribution in [0.3, 0.4) is 0 Å². The number of benzene rings is 1. The molecule has 0 unspecified atom stereocenters. The van der Waals surface area contributed by atoms with Crippen molar-refractivity contribution in [1.82, 2.24) is 15.4 Å². The van der Waals surface area contributed by atoms with Crippen LogP contribution in [0.2, 0.25) is 0 Å². The molecule has 1 saturated heterocycles. The molecule has 0 bridgehead atoms. The lowest BCUT2D eigenvalue weighted by Crippen LogP contribution is -2.55. The minimum absolute atomic E-state index is 0.303. The molecular weight excluding hydrogens is 178 g/mol. The fourth-order valence-electron chi connectivity index (χ4n) is 1.82. The van der Waals surface area contributed by atoms with Gasteiger partial charge in [-0.2, -0.15) is 15.4 Å². The van der Waals surface area contributed by atoms with Gasteiger partial charge < -0.3 is 10.6 Å². The molecule has 3 N–H and O–H groups in total. The van der Waals surface area contributed by atoms with E-state index in [1.807, 2.05) is 12.1 Å². The smallest absolute Gasteiger partial charge is 0.136 e. The number of rotatable bonds is 1. The average molecular weight is 189 g/mol. The van der Waals surface area contributed by atoms with Crippen molar-refractivity contribution in [3.63, 3.8) is 0 Å². The highest BCUT2D eigenvalue weighted by atomic mass is 15.3. The molecule has 14 heavy (non-hydrogen) atoms. The van der Waals surface area contributed by atoms with Crippen LogP contribution in [-0.4, -0.2) is 34.5 Å². The highest BCUT2D eigenvalue weighted by molar-refractivity contribution is 5.88. The molecule has 0 atom stereocenters. The Hall–Kier alpha value is -1.62. The van der Waals surface area contributed by atoms with Crippen molar-refractivity contribution >= 4 is 16.7 Å². The van der Waals surface area contributed by atoms with Gasteiger partial charge in [0, 0.05) is 19.1 Å². The van der Waals surface area contributed by atoms with Crippen LogP contribution in [0.1, 0.15) is 0 Å². The molecule has 2 aromatic rings. The summed E-state index contributed by atoms with van der Waals surface area (Å²) in [5, 5.41) is 10.8. The van der Waals surface area contributed by atoms with Gasteiger partial charge in [-0.05, 0) is 12.1 Å². The Labute approximate surface area is 80.9 Å². The van der Waals surface area contributed by atoms with E-state index < -0.39 is 0 Å². The number of nitrogens with one attached hydrogen (secondary N) is 1. The molecule has 1 fully saturated rings. The number of hydrogen-bond acceptors (Lipinski definition) is 4. The number of nitrogens with two attached hydrogens (primary N) is 1. The Morgan fingerprint density at radius 2 is 2.21 bits per heavy atom. The lowest BCUT2D eigenvalue weighted by molar-refractivity contribution is 0.520. The molecule has 3 rings (SSSR count). The van der Waals surface area contributed by atoms with E-state index in [0.29, 0.717) is 6.04 Å². The third-order valence-corrected chi connectivity index (χ3v) is 2.58. The maximum atomic E-state index is 5.74. The number of aromatic nitrogens is 3. The monoisotopic (exact) mass is 189 g/mol. The Morgan fingerprint density at radius 1 is 1.36 bits per heavy atom. The van der Waals surface area contributed by atoms with E-state index in [2.05, 4.69) is 26.4 Å². The maximum Gasteiger partial charge on any atom is 0.136 e. The summed E-state index contributed by atoms with van der Waals surface area (Å²) in [6, 6.07) is 6.29. The van der Waals surface area contributed by atoms with E-state index in [0.717, 1.165) is 29.8 Å². The van der Waals surface area contributed by atoms with E-state index >= 15 is 0 Å². The second kappa shape index (κ2) is 2.68. The molecule has 5 heteroatoms. The first kappa shape index (κ1) is 7.75. The van der Waals surface area contributed by atoms with Gasteiger partial charge in [0.25, 0.3) is 0 Å². The zero-order chi connectivity index (χ0) is 9.54. The van der Waals surface area contributed by atoms with Crippen LogP contribution in [0.25, 0.3) is 11.0 Å². The molecule has 1 aliphatic rings. The summed E-state index contributed by atoms with van der Waals surface area (Å²) >= 11 is 0. The molecule has 1 aromatic carbocycles. The second-order valence-electron chi connectivity index (χ2n) is 3.63. The Kier molecular flexibility index (Phi) is 1.49. The predicted molar refractivity (Wildman–Crippen MR) is 54.1 cm³/mol. The van der Waals surface area contributed by atoms with Gasteiger partial charge in [-0.15, -0.1) is 0 Å². The van der Waals surface area contributed by atoms with Crippen LogP contribution < -0.4 is 10.6 Å². The van der Waals surface area contributed by atoms with Crippen LogP contribution in [0.5, 0.6) is 0 Å². The molecule has 0 saturated carbocycles. The van der Waals surface area contributed by atoms with Crippen LogP contribution in [-0.2, 0) is 0 Å². The fourth-order valence-corrected chi connectivity index (χ4v) is 1.82. The first-order valence-electron chi connectivity index (χ1n) is 4.64. The quantitative estimate of drug-likeness (QED) is 0.667. The first-order valence-corrected chi connectivity index (χ1v) is 4.64. The van der Waals surface area contributed by atoms with Crippen molar-refractivity contribution in [1.29, 1.82) is 0 Å². The van der Waals surface area contributed by atoms with E-state index in [4.69, 9.17) is 5.73 Å². The van der Waals surface area contributed by atoms with Gasteiger partial charge in [0.15, 0.2) is 0 Å². The fraction of sp³-hybridized carbons (Fsp3) is 0.333. The Bertz CT molecular complexity index is 457. The number of H-pyrrole nitrogens is 1. The third-order valence-electron chi connectivity index (χ3n) is 2.58. The van der Waals surface area contributed by atoms with Crippen molar-refractivity contribution in [2.45, 2.75) is 6.04 Å². The zero-order valence-corrected chi connectivity index (χ0v) is 7.64. The van der Waals surface area contributed by atoms with E-state index in [-0.39, 0.29) is 0 Å². The van der Waals surface area contributed by atoms with Crippen molar-refractivity contribution in [3.8, 4) is 0 Å². The number of aromatic amines is 1. The van der Waals surface area contributed by atoms with Crippen LogP contribution in [0.15, 0.2) is 18.2 Å². The van der Waals surface area contributed by atoms with Gasteiger partial charge in [0.2, 0.25) is 0 Å². The molecule has 2 heterocycles. The number of anilines is 1. The highest BCUT2D eigenvalue weighted by Gasteiger charge is 2.25. The minimum atomic E-state index is 0.303. The largest absolute Gasteiger partial charge is 0.366 e. The van der Waals surface area contributed by atoms with Crippen molar-refractivity contribution in [2.75, 3.05) is 18.0 Å². The van der Waals surface area contributed by atoms with E-state index in [1.165, 1.54) is 0 Å². The molecule has 0 amide bonds. The maximum absolute atomic E-state index is 5.74. The summed E-state index contributed by atoms with van der Waals surface area (Å²) < 4.78 is 0. The average Bonchev–Trinajstić information content (AvgIpc) is 2.60. The normalized spacial score (nSPS) is 17.4. The molecular formula is C9H11N5. The third kappa shape index (κ3) is 0.990. The molecule has 72 valence electrons. The van der Waals surface area contributed by atoms with Gasteiger partial charge >= 0.3 is 0 Å². The van der Waals surface area contributed by atoms with Crippen molar-refractivity contribution < 1.29 is 0 Å². The number of hydrogen-bond donors (Lipinski definition) is 2. The minimum Gasteiger partial charge on any atom is -0.366 e.